The standard InChI is InChI=1S/C9H8Cl2N6O/c1-17-2-4(12)5(16-17)9(18)15-6-7(10)13-3-14-8(6)11/h2-3H,12H2,1H3,(H,15,18). The molecule has 0 saturated heterocycles. The Kier molecular flexibility index (Phi) is 3.35. The van der Waals surface area contributed by atoms with Crippen LogP contribution in [-0.2, 0) is 7.05 Å². The minimum atomic E-state index is -0.535. The lowest BCUT2D eigenvalue weighted by Gasteiger charge is -2.06. The second-order valence-corrected chi connectivity index (χ2v) is 4.11. The molecule has 0 saturated carbocycles. The number of amides is 1. The van der Waals surface area contributed by atoms with Gasteiger partial charge in [0.1, 0.15) is 12.0 Å². The minimum Gasteiger partial charge on any atom is -0.396 e. The number of hydrogen-bond donors (Lipinski definition) is 2. The molecule has 0 aromatic carbocycles. The minimum absolute atomic E-state index is 0.0397. The van der Waals surface area contributed by atoms with Crippen molar-refractivity contribution < 1.29 is 4.79 Å². The summed E-state index contributed by atoms with van der Waals surface area (Å²) in [6.07, 6.45) is 2.70. The van der Waals surface area contributed by atoms with E-state index in [1.807, 2.05) is 0 Å². The number of rotatable bonds is 2. The molecule has 9 heteroatoms. The van der Waals surface area contributed by atoms with Crippen LogP contribution in [0.1, 0.15) is 10.5 Å². The fraction of sp³-hybridized carbons (Fsp3) is 0.111. The van der Waals surface area contributed by atoms with Gasteiger partial charge in [-0.2, -0.15) is 5.10 Å². The number of carbonyl (C=O) groups is 1. The molecule has 94 valence electrons. The zero-order valence-corrected chi connectivity index (χ0v) is 10.7. The molecule has 0 radical (unpaired) electrons. The highest BCUT2D eigenvalue weighted by atomic mass is 35.5. The van der Waals surface area contributed by atoms with Crippen LogP contribution in [0.4, 0.5) is 11.4 Å². The fourth-order valence-electron chi connectivity index (χ4n) is 1.30. The van der Waals surface area contributed by atoms with Gasteiger partial charge in [0.15, 0.2) is 16.0 Å². The molecule has 0 fully saturated rings. The molecule has 0 aliphatic rings. The summed E-state index contributed by atoms with van der Waals surface area (Å²) < 4.78 is 1.43. The van der Waals surface area contributed by atoms with Crippen molar-refractivity contribution in [3.8, 4) is 0 Å². The zero-order chi connectivity index (χ0) is 13.3. The molecule has 2 aromatic rings. The predicted molar refractivity (Wildman–Crippen MR) is 67.6 cm³/mol. The maximum atomic E-state index is 11.9. The number of nitrogens with zero attached hydrogens (tertiary/aromatic N) is 4. The van der Waals surface area contributed by atoms with Gasteiger partial charge in [-0.25, -0.2) is 9.97 Å². The van der Waals surface area contributed by atoms with Crippen LogP contribution in [0.15, 0.2) is 12.5 Å². The normalized spacial score (nSPS) is 10.4. The first-order valence-electron chi connectivity index (χ1n) is 4.75. The van der Waals surface area contributed by atoms with Crippen molar-refractivity contribution in [2.75, 3.05) is 11.1 Å². The Balaban J connectivity index is 2.30. The largest absolute Gasteiger partial charge is 0.396 e. The predicted octanol–water partition coefficient (Wildman–Crippen LogP) is 1.35. The van der Waals surface area contributed by atoms with Gasteiger partial charge in [-0.3, -0.25) is 9.48 Å². The third kappa shape index (κ3) is 2.36. The number of anilines is 2. The van der Waals surface area contributed by atoms with E-state index in [-0.39, 0.29) is 27.4 Å². The lowest BCUT2D eigenvalue weighted by molar-refractivity contribution is 0.102. The Morgan fingerprint density at radius 3 is 2.50 bits per heavy atom. The third-order valence-electron chi connectivity index (χ3n) is 2.07. The Morgan fingerprint density at radius 2 is 2.00 bits per heavy atom. The van der Waals surface area contributed by atoms with E-state index in [1.54, 1.807) is 7.05 Å². The first-order valence-corrected chi connectivity index (χ1v) is 5.51. The van der Waals surface area contributed by atoms with Gasteiger partial charge in [0.2, 0.25) is 0 Å². The molecular weight excluding hydrogens is 279 g/mol. The second-order valence-electron chi connectivity index (χ2n) is 3.39. The van der Waals surface area contributed by atoms with Crippen molar-refractivity contribution in [3.05, 3.63) is 28.5 Å². The van der Waals surface area contributed by atoms with Gasteiger partial charge in [-0.05, 0) is 0 Å². The average molecular weight is 287 g/mol. The monoisotopic (exact) mass is 286 g/mol. The Morgan fingerprint density at radius 1 is 1.39 bits per heavy atom. The molecule has 2 aromatic heterocycles. The molecule has 0 unspecified atom stereocenters. The number of hydrogen-bond acceptors (Lipinski definition) is 5. The van der Waals surface area contributed by atoms with E-state index >= 15 is 0 Å². The van der Waals surface area contributed by atoms with Crippen LogP contribution >= 0.6 is 23.2 Å². The van der Waals surface area contributed by atoms with E-state index in [0.717, 1.165) is 0 Å². The summed E-state index contributed by atoms with van der Waals surface area (Å²) in [6, 6.07) is 0. The number of carbonyl (C=O) groups excluding carboxylic acids is 1. The quantitative estimate of drug-likeness (QED) is 0.812. The van der Waals surface area contributed by atoms with E-state index in [4.69, 9.17) is 28.9 Å². The fourth-order valence-corrected chi connectivity index (χ4v) is 1.71. The van der Waals surface area contributed by atoms with Crippen LogP contribution in [0.2, 0.25) is 10.3 Å². The summed E-state index contributed by atoms with van der Waals surface area (Å²) in [4.78, 5) is 19.3. The zero-order valence-electron chi connectivity index (χ0n) is 9.19. The summed E-state index contributed by atoms with van der Waals surface area (Å²) in [5, 5.41) is 6.46. The molecule has 7 nitrogen and oxygen atoms in total. The highest BCUT2D eigenvalue weighted by molar-refractivity contribution is 6.38. The molecule has 1 amide bonds. The van der Waals surface area contributed by atoms with Crippen molar-refractivity contribution in [3.63, 3.8) is 0 Å². The topological polar surface area (TPSA) is 98.7 Å². The van der Waals surface area contributed by atoms with Gasteiger partial charge >= 0.3 is 0 Å². The van der Waals surface area contributed by atoms with E-state index in [9.17, 15) is 4.79 Å². The smallest absolute Gasteiger partial charge is 0.278 e. The maximum absolute atomic E-state index is 11.9. The lowest BCUT2D eigenvalue weighted by Crippen LogP contribution is -2.15. The summed E-state index contributed by atoms with van der Waals surface area (Å²) in [6.45, 7) is 0. The van der Waals surface area contributed by atoms with Gasteiger partial charge in [0, 0.05) is 13.2 Å². The molecule has 18 heavy (non-hydrogen) atoms. The van der Waals surface area contributed by atoms with E-state index in [1.165, 1.54) is 17.2 Å². The van der Waals surface area contributed by atoms with Crippen molar-refractivity contribution >= 4 is 40.5 Å². The first-order chi connectivity index (χ1) is 8.49. The van der Waals surface area contributed by atoms with E-state index in [0.29, 0.717) is 0 Å². The number of nitrogens with two attached hydrogens (primary N) is 1. The highest BCUT2D eigenvalue weighted by Gasteiger charge is 2.17. The van der Waals surface area contributed by atoms with Crippen LogP contribution in [0, 0.1) is 0 Å². The first kappa shape index (κ1) is 12.6. The van der Waals surface area contributed by atoms with Crippen molar-refractivity contribution in [1.29, 1.82) is 0 Å². The van der Waals surface area contributed by atoms with Gasteiger partial charge in [-0.15, -0.1) is 0 Å². The van der Waals surface area contributed by atoms with Crippen LogP contribution in [0.3, 0.4) is 0 Å². The molecule has 0 bridgehead atoms. The van der Waals surface area contributed by atoms with Crippen LogP contribution in [0.25, 0.3) is 0 Å². The van der Waals surface area contributed by atoms with E-state index < -0.39 is 5.91 Å². The van der Waals surface area contributed by atoms with E-state index in [2.05, 4.69) is 20.4 Å². The molecule has 2 rings (SSSR count). The molecule has 0 atom stereocenters. The van der Waals surface area contributed by atoms with Gasteiger partial charge < -0.3 is 11.1 Å². The molecule has 0 spiro atoms. The molecule has 3 N–H and O–H groups in total. The highest BCUT2D eigenvalue weighted by Crippen LogP contribution is 2.26. The Hall–Kier alpha value is -1.86. The third-order valence-corrected chi connectivity index (χ3v) is 2.64. The number of nitrogens with one attached hydrogen (secondary N) is 1. The van der Waals surface area contributed by atoms with Gasteiger partial charge in [0.25, 0.3) is 5.91 Å². The second kappa shape index (κ2) is 4.79. The molecule has 0 aliphatic carbocycles. The number of aryl methyl sites for hydroxylation is 1. The lowest BCUT2D eigenvalue weighted by atomic mass is 10.3. The van der Waals surface area contributed by atoms with Crippen LogP contribution in [-0.4, -0.2) is 25.7 Å². The van der Waals surface area contributed by atoms with Gasteiger partial charge in [-0.1, -0.05) is 23.2 Å². The number of halogens is 2. The molecule has 0 aliphatic heterocycles. The van der Waals surface area contributed by atoms with Crippen molar-refractivity contribution in [2.45, 2.75) is 0 Å². The molecule has 2 heterocycles. The van der Waals surface area contributed by atoms with Crippen LogP contribution in [0.5, 0.6) is 0 Å². The van der Waals surface area contributed by atoms with Gasteiger partial charge in [0.05, 0.1) is 5.69 Å². The summed E-state index contributed by atoms with van der Waals surface area (Å²) >= 11 is 11.6. The summed E-state index contributed by atoms with van der Waals surface area (Å²) in [5.74, 6) is -0.535. The Labute approximate surface area is 112 Å². The summed E-state index contributed by atoms with van der Waals surface area (Å²) in [7, 11) is 1.65. The van der Waals surface area contributed by atoms with Crippen LogP contribution < -0.4 is 11.1 Å². The van der Waals surface area contributed by atoms with Crippen molar-refractivity contribution in [1.82, 2.24) is 19.7 Å². The van der Waals surface area contributed by atoms with Crippen molar-refractivity contribution in [2.24, 2.45) is 7.05 Å². The maximum Gasteiger partial charge on any atom is 0.278 e. The average Bonchev–Trinajstić information content (AvgIpc) is 2.63. The number of nitrogen functional groups attached to an aromatic ring is 1. The molecular formula is C9H8Cl2N6O. The summed E-state index contributed by atoms with van der Waals surface area (Å²) in [5.41, 5.74) is 6.08. The number of aromatic nitrogens is 4. The Bertz CT molecular complexity index is 591. The SMILES string of the molecule is Cn1cc(N)c(C(=O)Nc2c(Cl)ncnc2Cl)n1.